The predicted molar refractivity (Wildman–Crippen MR) is 69.6 cm³/mol. The maximum atomic E-state index is 11.2. The van der Waals surface area contributed by atoms with Crippen LogP contribution >= 0.6 is 11.3 Å². The standard InChI is InChI=1S/C12H11NO4S/c1-16-8-4-3-7-6-18-11(9(7)5-8)10(12(14)15)13-17-2/h3-6H,1-2H3,(H,14,15)/b13-10+. The van der Waals surface area contributed by atoms with Crippen molar-refractivity contribution in [3.8, 4) is 5.75 Å². The van der Waals surface area contributed by atoms with Crippen LogP contribution < -0.4 is 4.74 Å². The monoisotopic (exact) mass is 265 g/mol. The summed E-state index contributed by atoms with van der Waals surface area (Å²) in [6.07, 6.45) is 0. The van der Waals surface area contributed by atoms with E-state index < -0.39 is 5.97 Å². The first-order valence-corrected chi connectivity index (χ1v) is 5.95. The van der Waals surface area contributed by atoms with Gasteiger partial charge >= 0.3 is 5.97 Å². The summed E-state index contributed by atoms with van der Waals surface area (Å²) >= 11 is 1.31. The number of hydrogen-bond acceptors (Lipinski definition) is 5. The number of nitrogens with zero attached hydrogens (tertiary/aromatic N) is 1. The summed E-state index contributed by atoms with van der Waals surface area (Å²) in [5.74, 6) is -0.451. The number of carboxylic acid groups (broad SMARTS) is 1. The Morgan fingerprint density at radius 1 is 1.39 bits per heavy atom. The van der Waals surface area contributed by atoms with E-state index in [1.54, 1.807) is 13.2 Å². The third-order valence-electron chi connectivity index (χ3n) is 2.41. The molecule has 6 heteroatoms. The highest BCUT2D eigenvalue weighted by atomic mass is 32.1. The van der Waals surface area contributed by atoms with E-state index in [0.29, 0.717) is 10.6 Å². The summed E-state index contributed by atoms with van der Waals surface area (Å²) in [5.41, 5.74) is -0.106. The van der Waals surface area contributed by atoms with E-state index in [0.717, 1.165) is 10.8 Å². The molecule has 2 rings (SSSR count). The van der Waals surface area contributed by atoms with Crippen LogP contribution in [0.3, 0.4) is 0 Å². The van der Waals surface area contributed by atoms with E-state index in [4.69, 9.17) is 9.84 Å². The molecule has 0 aliphatic carbocycles. The Morgan fingerprint density at radius 2 is 2.17 bits per heavy atom. The highest BCUT2D eigenvalue weighted by Gasteiger charge is 2.19. The maximum absolute atomic E-state index is 11.2. The number of aliphatic carboxylic acids is 1. The summed E-state index contributed by atoms with van der Waals surface area (Å²) < 4.78 is 5.13. The topological polar surface area (TPSA) is 68.1 Å². The van der Waals surface area contributed by atoms with Gasteiger partial charge in [0.15, 0.2) is 0 Å². The summed E-state index contributed by atoms with van der Waals surface area (Å²) in [5, 5.41) is 16.3. The molecule has 0 fully saturated rings. The van der Waals surface area contributed by atoms with Gasteiger partial charge in [0.05, 0.1) is 12.0 Å². The zero-order valence-electron chi connectivity index (χ0n) is 9.84. The van der Waals surface area contributed by atoms with E-state index in [2.05, 4.69) is 9.99 Å². The molecular weight excluding hydrogens is 254 g/mol. The minimum Gasteiger partial charge on any atom is -0.497 e. The molecule has 0 atom stereocenters. The van der Waals surface area contributed by atoms with Crippen molar-refractivity contribution in [2.75, 3.05) is 14.2 Å². The van der Waals surface area contributed by atoms with Gasteiger partial charge in [-0.15, -0.1) is 11.3 Å². The molecule has 94 valence electrons. The van der Waals surface area contributed by atoms with Gasteiger partial charge < -0.3 is 14.7 Å². The third kappa shape index (κ3) is 2.14. The zero-order valence-corrected chi connectivity index (χ0v) is 10.7. The number of benzene rings is 1. The van der Waals surface area contributed by atoms with Crippen LogP contribution in [0.2, 0.25) is 0 Å². The van der Waals surface area contributed by atoms with Crippen LogP contribution in [0.5, 0.6) is 5.75 Å². The molecule has 1 N–H and O–H groups in total. The normalized spacial score (nSPS) is 11.6. The van der Waals surface area contributed by atoms with Gasteiger partial charge in [0.2, 0.25) is 5.71 Å². The molecule has 2 aromatic rings. The minimum atomic E-state index is -1.12. The van der Waals surface area contributed by atoms with Crippen LogP contribution in [0.4, 0.5) is 0 Å². The lowest BCUT2D eigenvalue weighted by Gasteiger charge is -2.01. The van der Waals surface area contributed by atoms with Gasteiger partial charge in [-0.2, -0.15) is 0 Å². The molecule has 5 nitrogen and oxygen atoms in total. The number of hydrogen-bond donors (Lipinski definition) is 1. The summed E-state index contributed by atoms with van der Waals surface area (Å²) in [4.78, 5) is 16.3. The van der Waals surface area contributed by atoms with Crippen molar-refractivity contribution >= 4 is 33.8 Å². The van der Waals surface area contributed by atoms with Crippen molar-refractivity contribution in [3.05, 3.63) is 28.5 Å². The average molecular weight is 265 g/mol. The first kappa shape index (κ1) is 12.4. The first-order chi connectivity index (χ1) is 8.67. The number of carbonyl (C=O) groups is 1. The van der Waals surface area contributed by atoms with Crippen LogP contribution in [0, 0.1) is 0 Å². The lowest BCUT2D eigenvalue weighted by Crippen LogP contribution is -2.13. The van der Waals surface area contributed by atoms with Crippen molar-refractivity contribution in [3.63, 3.8) is 0 Å². The van der Waals surface area contributed by atoms with E-state index in [-0.39, 0.29) is 5.71 Å². The Kier molecular flexibility index (Phi) is 3.47. The molecule has 0 saturated heterocycles. The molecule has 1 heterocycles. The number of thiophene rings is 1. The van der Waals surface area contributed by atoms with Crippen LogP contribution in [-0.4, -0.2) is 31.0 Å². The van der Waals surface area contributed by atoms with Crippen molar-refractivity contribution in [2.45, 2.75) is 0 Å². The fraction of sp³-hybridized carbons (Fsp3) is 0.167. The largest absolute Gasteiger partial charge is 0.497 e. The van der Waals surface area contributed by atoms with E-state index >= 15 is 0 Å². The first-order valence-electron chi connectivity index (χ1n) is 5.07. The fourth-order valence-corrected chi connectivity index (χ4v) is 2.59. The summed E-state index contributed by atoms with van der Waals surface area (Å²) in [7, 11) is 2.88. The van der Waals surface area contributed by atoms with Gasteiger partial charge in [-0.25, -0.2) is 4.79 Å². The Labute approximate surface area is 107 Å². The predicted octanol–water partition coefficient (Wildman–Crippen LogP) is 2.35. The molecule has 0 radical (unpaired) electrons. The SMILES string of the molecule is CO/N=C(/C(=O)O)c1scc2ccc(OC)cc12. The van der Waals surface area contributed by atoms with E-state index in [9.17, 15) is 4.79 Å². The smallest absolute Gasteiger partial charge is 0.359 e. The number of carboxylic acids is 1. The van der Waals surface area contributed by atoms with Gasteiger partial charge in [-0.1, -0.05) is 5.16 Å². The number of rotatable bonds is 4. The maximum Gasteiger partial charge on any atom is 0.359 e. The number of methoxy groups -OCH3 is 1. The Morgan fingerprint density at radius 3 is 2.78 bits per heavy atom. The van der Waals surface area contributed by atoms with Gasteiger partial charge in [0.25, 0.3) is 0 Å². The molecule has 1 aromatic heterocycles. The molecule has 0 saturated carbocycles. The number of oxime groups is 1. The van der Waals surface area contributed by atoms with Gasteiger partial charge in [0.1, 0.15) is 12.9 Å². The second-order valence-corrected chi connectivity index (χ2v) is 4.33. The van der Waals surface area contributed by atoms with Crippen molar-refractivity contribution < 1.29 is 19.5 Å². The average Bonchev–Trinajstić information content (AvgIpc) is 2.78. The van der Waals surface area contributed by atoms with Crippen molar-refractivity contribution in [2.24, 2.45) is 5.16 Å². The lowest BCUT2D eigenvalue weighted by molar-refractivity contribution is -0.129. The second-order valence-electron chi connectivity index (χ2n) is 3.45. The van der Waals surface area contributed by atoms with Crippen LogP contribution in [0.1, 0.15) is 4.88 Å². The molecule has 0 bridgehead atoms. The molecule has 0 aliphatic rings. The Balaban J connectivity index is 2.63. The van der Waals surface area contributed by atoms with Gasteiger partial charge in [0, 0.05) is 5.39 Å². The van der Waals surface area contributed by atoms with Gasteiger partial charge in [-0.05, 0) is 29.0 Å². The molecule has 0 aliphatic heterocycles. The highest BCUT2D eigenvalue weighted by Crippen LogP contribution is 2.30. The fourth-order valence-electron chi connectivity index (χ4n) is 1.60. The quantitative estimate of drug-likeness (QED) is 0.680. The van der Waals surface area contributed by atoms with Crippen molar-refractivity contribution in [1.29, 1.82) is 0 Å². The molecular formula is C12H11NO4S. The highest BCUT2D eigenvalue weighted by molar-refractivity contribution is 7.14. The summed E-state index contributed by atoms with van der Waals surface area (Å²) in [6.45, 7) is 0. The number of fused-ring (bicyclic) bond motifs is 1. The Hall–Kier alpha value is -2.08. The number of ether oxygens (including phenoxy) is 1. The molecule has 0 amide bonds. The zero-order chi connectivity index (χ0) is 13.1. The van der Waals surface area contributed by atoms with E-state index in [1.165, 1.54) is 18.4 Å². The van der Waals surface area contributed by atoms with Crippen LogP contribution in [-0.2, 0) is 9.63 Å². The van der Waals surface area contributed by atoms with E-state index in [1.807, 2.05) is 17.5 Å². The summed E-state index contributed by atoms with van der Waals surface area (Å²) in [6, 6.07) is 5.49. The molecule has 0 spiro atoms. The second kappa shape index (κ2) is 5.05. The Bertz CT molecular complexity index is 618. The van der Waals surface area contributed by atoms with Crippen LogP contribution in [0.25, 0.3) is 10.8 Å². The lowest BCUT2D eigenvalue weighted by atomic mass is 10.1. The van der Waals surface area contributed by atoms with Crippen molar-refractivity contribution in [1.82, 2.24) is 0 Å². The molecule has 0 unspecified atom stereocenters. The van der Waals surface area contributed by atoms with Crippen LogP contribution in [0.15, 0.2) is 28.7 Å². The third-order valence-corrected chi connectivity index (χ3v) is 3.43. The van der Waals surface area contributed by atoms with Gasteiger partial charge in [-0.3, -0.25) is 0 Å². The molecule has 18 heavy (non-hydrogen) atoms. The minimum absolute atomic E-state index is 0.106. The molecule has 1 aromatic carbocycles.